The van der Waals surface area contributed by atoms with Gasteiger partial charge < -0.3 is 5.11 Å². The third-order valence-corrected chi connectivity index (χ3v) is 2.96. The molecule has 2 unspecified atom stereocenters. The molecule has 1 N–H and O–H groups in total. The van der Waals surface area contributed by atoms with Crippen molar-refractivity contribution >= 4 is 23.8 Å². The first-order valence-electron chi connectivity index (χ1n) is 3.98. The third-order valence-electron chi connectivity index (χ3n) is 1.77. The number of thioether (sulfide) groups is 1. The molecule has 0 aliphatic heterocycles. The summed E-state index contributed by atoms with van der Waals surface area (Å²) in [6, 6.07) is -0.935. The molecule has 0 amide bonds. The Balaban J connectivity index is 4.23. The summed E-state index contributed by atoms with van der Waals surface area (Å²) in [4.78, 5) is 23.7. The molecule has 0 heterocycles. The van der Waals surface area contributed by atoms with Gasteiger partial charge >= 0.3 is 5.97 Å². The van der Waals surface area contributed by atoms with Crippen LogP contribution in [0.25, 0.3) is 0 Å². The second kappa shape index (κ2) is 6.69. The predicted molar refractivity (Wildman–Crippen MR) is 51.8 cm³/mol. The van der Waals surface area contributed by atoms with Crippen LogP contribution in [0.2, 0.25) is 0 Å². The maximum absolute atomic E-state index is 10.6. The van der Waals surface area contributed by atoms with Crippen molar-refractivity contribution in [2.24, 2.45) is 4.99 Å². The molecule has 0 aromatic carbocycles. The van der Waals surface area contributed by atoms with Gasteiger partial charge in [-0.15, -0.1) is 0 Å². The van der Waals surface area contributed by atoms with Crippen LogP contribution in [0.1, 0.15) is 19.8 Å². The number of aliphatic carboxylic acids is 1. The second-order valence-electron chi connectivity index (χ2n) is 2.58. The molecule has 0 aromatic rings. The molecule has 5 heteroatoms. The molecular weight excluding hydrogens is 190 g/mol. The van der Waals surface area contributed by atoms with Crippen LogP contribution in [0.15, 0.2) is 4.99 Å². The van der Waals surface area contributed by atoms with Crippen LogP contribution in [0.4, 0.5) is 0 Å². The highest BCUT2D eigenvalue weighted by Gasteiger charge is 2.20. The first kappa shape index (κ1) is 12.2. The van der Waals surface area contributed by atoms with Crippen LogP contribution in [0, 0.1) is 0 Å². The second-order valence-corrected chi connectivity index (χ2v) is 3.71. The zero-order valence-corrected chi connectivity index (χ0v) is 8.50. The molecule has 0 saturated heterocycles. The number of carboxylic acids is 1. The van der Waals surface area contributed by atoms with Crippen LogP contribution < -0.4 is 0 Å². The lowest BCUT2D eigenvalue weighted by Gasteiger charge is -2.13. The highest BCUT2D eigenvalue weighted by molar-refractivity contribution is 7.99. The van der Waals surface area contributed by atoms with Crippen molar-refractivity contribution in [2.75, 3.05) is 6.26 Å². The Hall–Kier alpha value is -0.800. The molecule has 0 spiro atoms. The van der Waals surface area contributed by atoms with Gasteiger partial charge in [0.2, 0.25) is 6.08 Å². The summed E-state index contributed by atoms with van der Waals surface area (Å²) < 4.78 is 0. The average molecular weight is 203 g/mol. The molecule has 0 saturated carbocycles. The predicted octanol–water partition coefficient (Wildman–Crippen LogP) is 1.31. The number of rotatable bonds is 6. The van der Waals surface area contributed by atoms with Crippen molar-refractivity contribution in [2.45, 2.75) is 31.1 Å². The lowest BCUT2D eigenvalue weighted by atomic mass is 10.1. The zero-order chi connectivity index (χ0) is 10.3. The van der Waals surface area contributed by atoms with Crippen molar-refractivity contribution in [3.63, 3.8) is 0 Å². The van der Waals surface area contributed by atoms with E-state index in [4.69, 9.17) is 5.11 Å². The number of hydrogen-bond donors (Lipinski definition) is 1. The van der Waals surface area contributed by atoms with Gasteiger partial charge in [0.15, 0.2) is 6.04 Å². The minimum atomic E-state index is -1.06. The highest BCUT2D eigenvalue weighted by Crippen LogP contribution is 2.18. The van der Waals surface area contributed by atoms with Crippen molar-refractivity contribution in [1.29, 1.82) is 0 Å². The molecule has 4 nitrogen and oxygen atoms in total. The van der Waals surface area contributed by atoms with Crippen molar-refractivity contribution in [3.05, 3.63) is 0 Å². The maximum Gasteiger partial charge on any atom is 0.329 e. The van der Waals surface area contributed by atoms with Crippen LogP contribution in [-0.4, -0.2) is 34.7 Å². The van der Waals surface area contributed by atoms with E-state index in [1.165, 1.54) is 6.08 Å². The van der Waals surface area contributed by atoms with E-state index in [9.17, 15) is 9.59 Å². The summed E-state index contributed by atoms with van der Waals surface area (Å²) in [6.45, 7) is 1.98. The lowest BCUT2D eigenvalue weighted by Crippen LogP contribution is -2.22. The molecule has 2 atom stereocenters. The number of carbonyl (C=O) groups excluding carboxylic acids is 1. The van der Waals surface area contributed by atoms with Gasteiger partial charge in [0.25, 0.3) is 0 Å². The fourth-order valence-corrected chi connectivity index (χ4v) is 1.66. The Kier molecular flexibility index (Phi) is 6.28. The molecule has 13 heavy (non-hydrogen) atoms. The topological polar surface area (TPSA) is 66.7 Å². The number of aliphatic imine (C=N–C) groups is 1. The largest absolute Gasteiger partial charge is 0.480 e. The molecule has 0 rings (SSSR count). The van der Waals surface area contributed by atoms with Gasteiger partial charge in [-0.2, -0.15) is 16.8 Å². The van der Waals surface area contributed by atoms with E-state index in [1.807, 2.05) is 13.2 Å². The smallest absolute Gasteiger partial charge is 0.329 e. The number of carbonyl (C=O) groups is 1. The summed E-state index contributed by atoms with van der Waals surface area (Å²) >= 11 is 1.59. The van der Waals surface area contributed by atoms with Crippen LogP contribution in [0.5, 0.6) is 0 Å². The minimum absolute atomic E-state index is 0.234. The molecule has 74 valence electrons. The number of nitrogens with zero attached hydrogens (tertiary/aromatic N) is 1. The van der Waals surface area contributed by atoms with Gasteiger partial charge in [-0.3, -0.25) is 0 Å². The summed E-state index contributed by atoms with van der Waals surface area (Å²) in [5.74, 6) is -1.06. The summed E-state index contributed by atoms with van der Waals surface area (Å²) in [7, 11) is 0. The molecule has 0 aromatic heterocycles. The number of carboxylic acid groups (broad SMARTS) is 1. The number of isocyanates is 1. The monoisotopic (exact) mass is 203 g/mol. The number of hydrogen-bond acceptors (Lipinski definition) is 4. The fourth-order valence-electron chi connectivity index (χ4n) is 0.951. The lowest BCUT2D eigenvalue weighted by molar-refractivity contribution is -0.138. The van der Waals surface area contributed by atoms with Gasteiger partial charge in [0.05, 0.1) is 0 Å². The highest BCUT2D eigenvalue weighted by atomic mass is 32.2. The summed E-state index contributed by atoms with van der Waals surface area (Å²) in [5, 5.41) is 8.90. The van der Waals surface area contributed by atoms with Crippen LogP contribution in [-0.2, 0) is 9.59 Å². The van der Waals surface area contributed by atoms with E-state index in [-0.39, 0.29) is 5.25 Å². The SMILES string of the molecule is CCC(CC(N=C=O)C(=O)O)SC. The summed E-state index contributed by atoms with van der Waals surface area (Å²) in [6.07, 6.45) is 4.47. The van der Waals surface area contributed by atoms with Gasteiger partial charge in [-0.1, -0.05) is 6.92 Å². The molecule has 0 fully saturated rings. The van der Waals surface area contributed by atoms with E-state index in [1.54, 1.807) is 11.8 Å². The van der Waals surface area contributed by atoms with Gasteiger partial charge in [-0.25, -0.2) is 9.59 Å². The van der Waals surface area contributed by atoms with Crippen molar-refractivity contribution < 1.29 is 14.7 Å². The average Bonchev–Trinajstić information content (AvgIpc) is 2.11. The zero-order valence-electron chi connectivity index (χ0n) is 7.69. The van der Waals surface area contributed by atoms with Crippen LogP contribution in [0.3, 0.4) is 0 Å². The molecule has 0 aliphatic rings. The van der Waals surface area contributed by atoms with Crippen molar-refractivity contribution in [3.8, 4) is 0 Å². The van der Waals surface area contributed by atoms with Gasteiger partial charge in [0, 0.05) is 5.25 Å². The standard InChI is InChI=1S/C8H13NO3S/c1-3-6(13-2)4-7(8(11)12)9-5-10/h6-7H,3-4H2,1-2H3,(H,11,12). The molecular formula is C8H13NO3S. The fraction of sp³-hybridized carbons (Fsp3) is 0.750. The normalized spacial score (nSPS) is 14.3. The Morgan fingerprint density at radius 2 is 2.31 bits per heavy atom. The Labute approximate surface area is 81.4 Å². The molecule has 0 bridgehead atoms. The summed E-state index contributed by atoms with van der Waals surface area (Å²) in [5.41, 5.74) is 0. The van der Waals surface area contributed by atoms with E-state index in [0.717, 1.165) is 6.42 Å². The van der Waals surface area contributed by atoms with Gasteiger partial charge in [-0.05, 0) is 19.1 Å². The Bertz CT molecular complexity index is 207. The maximum atomic E-state index is 10.6. The van der Waals surface area contributed by atoms with E-state index < -0.39 is 12.0 Å². The van der Waals surface area contributed by atoms with E-state index >= 15 is 0 Å². The minimum Gasteiger partial charge on any atom is -0.480 e. The quantitative estimate of drug-likeness (QED) is 0.522. The first-order valence-corrected chi connectivity index (χ1v) is 5.27. The van der Waals surface area contributed by atoms with Gasteiger partial charge in [0.1, 0.15) is 0 Å². The van der Waals surface area contributed by atoms with Crippen molar-refractivity contribution in [1.82, 2.24) is 0 Å². The van der Waals surface area contributed by atoms with E-state index in [2.05, 4.69) is 4.99 Å². The van der Waals surface area contributed by atoms with E-state index in [0.29, 0.717) is 6.42 Å². The third kappa shape index (κ3) is 4.70. The molecule has 0 aliphatic carbocycles. The molecule has 0 radical (unpaired) electrons. The van der Waals surface area contributed by atoms with Crippen LogP contribution >= 0.6 is 11.8 Å². The Morgan fingerprint density at radius 1 is 1.69 bits per heavy atom. The first-order chi connectivity index (χ1) is 6.15. The Morgan fingerprint density at radius 3 is 2.62 bits per heavy atom.